The molecule has 0 bridgehead atoms. The Morgan fingerprint density at radius 1 is 1.41 bits per heavy atom. The Morgan fingerprint density at radius 2 is 2.29 bits per heavy atom. The zero-order chi connectivity index (χ0) is 12.1. The van der Waals surface area contributed by atoms with Crippen LogP contribution in [0.15, 0.2) is 6.07 Å². The molecule has 1 atom stereocenters. The maximum absolute atomic E-state index is 4.38. The SMILES string of the molecule is Cc1cc(NCCC2CCCNC2)nc(C)n1. The molecule has 4 nitrogen and oxygen atoms in total. The molecule has 1 saturated heterocycles. The number of anilines is 1. The van der Waals surface area contributed by atoms with E-state index in [1.54, 1.807) is 0 Å². The molecular formula is C13H22N4. The number of nitrogens with one attached hydrogen (secondary N) is 2. The van der Waals surface area contributed by atoms with E-state index in [9.17, 15) is 0 Å². The van der Waals surface area contributed by atoms with Gasteiger partial charge in [0, 0.05) is 18.3 Å². The van der Waals surface area contributed by atoms with Gasteiger partial charge in [0.15, 0.2) is 0 Å². The minimum atomic E-state index is 0.820. The van der Waals surface area contributed by atoms with E-state index in [0.29, 0.717) is 0 Å². The van der Waals surface area contributed by atoms with Crippen LogP contribution in [0.5, 0.6) is 0 Å². The van der Waals surface area contributed by atoms with E-state index in [1.165, 1.54) is 32.4 Å². The second-order valence-electron chi connectivity index (χ2n) is 4.87. The van der Waals surface area contributed by atoms with E-state index in [4.69, 9.17) is 0 Å². The van der Waals surface area contributed by atoms with E-state index in [2.05, 4.69) is 20.6 Å². The minimum Gasteiger partial charge on any atom is -0.370 e. The van der Waals surface area contributed by atoms with Crippen LogP contribution < -0.4 is 10.6 Å². The van der Waals surface area contributed by atoms with Crippen molar-refractivity contribution in [2.45, 2.75) is 33.1 Å². The van der Waals surface area contributed by atoms with Crippen LogP contribution in [-0.2, 0) is 0 Å². The summed E-state index contributed by atoms with van der Waals surface area (Å²) in [6.07, 6.45) is 3.89. The molecule has 2 rings (SSSR count). The second kappa shape index (κ2) is 5.96. The van der Waals surface area contributed by atoms with Crippen LogP contribution in [-0.4, -0.2) is 29.6 Å². The molecule has 1 aliphatic rings. The quantitative estimate of drug-likeness (QED) is 0.835. The lowest BCUT2D eigenvalue weighted by molar-refractivity contribution is 0.364. The van der Waals surface area contributed by atoms with Crippen molar-refractivity contribution in [2.24, 2.45) is 5.92 Å². The first kappa shape index (κ1) is 12.3. The fraction of sp³-hybridized carbons (Fsp3) is 0.692. The third-order valence-electron chi connectivity index (χ3n) is 3.22. The van der Waals surface area contributed by atoms with Gasteiger partial charge in [-0.25, -0.2) is 9.97 Å². The van der Waals surface area contributed by atoms with E-state index in [1.807, 2.05) is 19.9 Å². The molecule has 1 aromatic heterocycles. The van der Waals surface area contributed by atoms with Crippen molar-refractivity contribution in [3.05, 3.63) is 17.6 Å². The highest BCUT2D eigenvalue weighted by atomic mass is 15.0. The van der Waals surface area contributed by atoms with Crippen molar-refractivity contribution < 1.29 is 0 Å². The molecule has 0 aliphatic carbocycles. The highest BCUT2D eigenvalue weighted by Crippen LogP contribution is 2.14. The molecule has 94 valence electrons. The van der Waals surface area contributed by atoms with E-state index < -0.39 is 0 Å². The van der Waals surface area contributed by atoms with Crippen LogP contribution >= 0.6 is 0 Å². The summed E-state index contributed by atoms with van der Waals surface area (Å²) in [6, 6.07) is 2.01. The average Bonchev–Trinajstić information content (AvgIpc) is 2.29. The lowest BCUT2D eigenvalue weighted by Gasteiger charge is -2.22. The van der Waals surface area contributed by atoms with Crippen molar-refractivity contribution in [3.63, 3.8) is 0 Å². The van der Waals surface area contributed by atoms with Crippen molar-refractivity contribution in [2.75, 3.05) is 25.0 Å². The average molecular weight is 234 g/mol. The zero-order valence-electron chi connectivity index (χ0n) is 10.8. The summed E-state index contributed by atoms with van der Waals surface area (Å²) >= 11 is 0. The van der Waals surface area contributed by atoms with Gasteiger partial charge in [0.2, 0.25) is 0 Å². The number of rotatable bonds is 4. The Kier molecular flexibility index (Phi) is 4.31. The van der Waals surface area contributed by atoms with Crippen LogP contribution in [0, 0.1) is 19.8 Å². The number of aromatic nitrogens is 2. The van der Waals surface area contributed by atoms with Gasteiger partial charge in [-0.2, -0.15) is 0 Å². The third-order valence-corrected chi connectivity index (χ3v) is 3.22. The maximum Gasteiger partial charge on any atom is 0.129 e. The smallest absolute Gasteiger partial charge is 0.129 e. The van der Waals surface area contributed by atoms with Crippen LogP contribution in [0.25, 0.3) is 0 Å². The molecule has 2 heterocycles. The van der Waals surface area contributed by atoms with Crippen molar-refractivity contribution >= 4 is 5.82 Å². The molecule has 2 N–H and O–H groups in total. The summed E-state index contributed by atoms with van der Waals surface area (Å²) in [5.74, 6) is 2.62. The van der Waals surface area contributed by atoms with E-state index in [0.717, 1.165) is 29.8 Å². The van der Waals surface area contributed by atoms with Crippen LogP contribution in [0.3, 0.4) is 0 Å². The third kappa shape index (κ3) is 3.97. The largest absolute Gasteiger partial charge is 0.370 e. The van der Waals surface area contributed by atoms with Crippen LogP contribution in [0.1, 0.15) is 30.8 Å². The van der Waals surface area contributed by atoms with Gasteiger partial charge in [-0.1, -0.05) is 0 Å². The predicted octanol–water partition coefficient (Wildman–Crippen LogP) is 1.90. The number of piperidine rings is 1. The Hall–Kier alpha value is -1.16. The van der Waals surface area contributed by atoms with Gasteiger partial charge in [-0.15, -0.1) is 0 Å². The first-order valence-electron chi connectivity index (χ1n) is 6.51. The Bertz CT molecular complexity index is 338. The normalized spacial score (nSPS) is 20.2. The number of nitrogens with zero attached hydrogens (tertiary/aromatic N) is 2. The van der Waals surface area contributed by atoms with Gasteiger partial charge in [0.05, 0.1) is 0 Å². The zero-order valence-corrected chi connectivity index (χ0v) is 10.8. The monoisotopic (exact) mass is 234 g/mol. The first-order chi connectivity index (χ1) is 8.24. The lowest BCUT2D eigenvalue weighted by Crippen LogP contribution is -2.30. The highest BCUT2D eigenvalue weighted by molar-refractivity contribution is 5.35. The number of hydrogen-bond acceptors (Lipinski definition) is 4. The molecule has 0 aromatic carbocycles. The summed E-state index contributed by atoms with van der Waals surface area (Å²) in [7, 11) is 0. The molecule has 17 heavy (non-hydrogen) atoms. The van der Waals surface area contributed by atoms with Gasteiger partial charge in [-0.3, -0.25) is 0 Å². The summed E-state index contributed by atoms with van der Waals surface area (Å²) in [5.41, 5.74) is 1.03. The maximum atomic E-state index is 4.38. The Balaban J connectivity index is 1.77. The molecule has 0 spiro atoms. The van der Waals surface area contributed by atoms with Gasteiger partial charge < -0.3 is 10.6 Å². The summed E-state index contributed by atoms with van der Waals surface area (Å²) < 4.78 is 0. The Morgan fingerprint density at radius 3 is 3.00 bits per heavy atom. The van der Waals surface area contributed by atoms with Crippen LogP contribution in [0.4, 0.5) is 5.82 Å². The van der Waals surface area contributed by atoms with E-state index in [-0.39, 0.29) is 0 Å². The second-order valence-corrected chi connectivity index (χ2v) is 4.87. The molecule has 0 radical (unpaired) electrons. The Labute approximate surface area is 103 Å². The topological polar surface area (TPSA) is 49.8 Å². The molecule has 0 amide bonds. The molecule has 1 fully saturated rings. The van der Waals surface area contributed by atoms with Gasteiger partial charge in [0.25, 0.3) is 0 Å². The summed E-state index contributed by atoms with van der Waals surface area (Å²) in [4.78, 5) is 8.65. The molecule has 4 heteroatoms. The predicted molar refractivity (Wildman–Crippen MR) is 70.2 cm³/mol. The minimum absolute atomic E-state index is 0.820. The van der Waals surface area contributed by atoms with Crippen molar-refractivity contribution in [1.29, 1.82) is 0 Å². The lowest BCUT2D eigenvalue weighted by atomic mass is 9.96. The fourth-order valence-corrected chi connectivity index (χ4v) is 2.38. The van der Waals surface area contributed by atoms with Crippen LogP contribution in [0.2, 0.25) is 0 Å². The van der Waals surface area contributed by atoms with Gasteiger partial charge >= 0.3 is 0 Å². The standard InChI is InChI=1S/C13H22N4/c1-10-8-13(17-11(2)16-10)15-7-5-12-4-3-6-14-9-12/h8,12,14H,3-7,9H2,1-2H3,(H,15,16,17). The van der Waals surface area contributed by atoms with Gasteiger partial charge in [-0.05, 0) is 52.1 Å². The molecule has 1 aromatic rings. The summed E-state index contributed by atoms with van der Waals surface area (Å²) in [5, 5.41) is 6.84. The van der Waals surface area contributed by atoms with E-state index >= 15 is 0 Å². The molecular weight excluding hydrogens is 212 g/mol. The van der Waals surface area contributed by atoms with Crippen molar-refractivity contribution in [3.8, 4) is 0 Å². The first-order valence-corrected chi connectivity index (χ1v) is 6.51. The fourth-order valence-electron chi connectivity index (χ4n) is 2.38. The van der Waals surface area contributed by atoms with Gasteiger partial charge in [0.1, 0.15) is 11.6 Å². The number of aryl methyl sites for hydroxylation is 2. The molecule has 1 unspecified atom stereocenters. The number of hydrogen-bond donors (Lipinski definition) is 2. The van der Waals surface area contributed by atoms with Crippen molar-refractivity contribution in [1.82, 2.24) is 15.3 Å². The molecule has 0 saturated carbocycles. The summed E-state index contributed by atoms with van der Waals surface area (Å²) in [6.45, 7) is 7.30. The highest BCUT2D eigenvalue weighted by Gasteiger charge is 2.12. The molecule has 1 aliphatic heterocycles.